The summed E-state index contributed by atoms with van der Waals surface area (Å²) < 4.78 is 0. The largest absolute Gasteiger partial charge is 0.348 e. The predicted molar refractivity (Wildman–Crippen MR) is 62.8 cm³/mol. The van der Waals surface area contributed by atoms with Crippen LogP contribution in [0.2, 0.25) is 0 Å². The molecule has 3 nitrogen and oxygen atoms in total. The third-order valence-corrected chi connectivity index (χ3v) is 3.64. The van der Waals surface area contributed by atoms with Crippen molar-refractivity contribution in [3.8, 4) is 0 Å². The summed E-state index contributed by atoms with van der Waals surface area (Å²) in [6, 6.07) is 0.590. The van der Waals surface area contributed by atoms with E-state index in [0.29, 0.717) is 12.6 Å². The minimum absolute atomic E-state index is 0.590. The molecule has 0 aliphatic rings. The molecule has 0 fully saturated rings. The first-order valence-electron chi connectivity index (χ1n) is 5.10. The van der Waals surface area contributed by atoms with Gasteiger partial charge in [0.2, 0.25) is 0 Å². The molecule has 0 amide bonds. The van der Waals surface area contributed by atoms with Gasteiger partial charge in [0.1, 0.15) is 0 Å². The molecule has 0 unspecified atom stereocenters. The van der Waals surface area contributed by atoms with Crippen molar-refractivity contribution in [1.82, 2.24) is 4.98 Å². The quantitative estimate of drug-likeness (QED) is 0.815. The third-order valence-electron chi connectivity index (χ3n) is 2.53. The molecule has 2 N–H and O–H groups in total. The number of anilines is 1. The molecule has 4 heteroatoms. The Bertz CT molecular complexity index is 268. The molecule has 0 aliphatic heterocycles. The van der Waals surface area contributed by atoms with Crippen LogP contribution >= 0.6 is 11.3 Å². The fourth-order valence-corrected chi connectivity index (χ4v) is 2.37. The van der Waals surface area contributed by atoms with Gasteiger partial charge in [-0.25, -0.2) is 4.98 Å². The Hall–Kier alpha value is -0.610. The van der Waals surface area contributed by atoms with Crippen LogP contribution in [0.15, 0.2) is 6.20 Å². The predicted octanol–water partition coefficient (Wildman–Crippen LogP) is 2.23. The van der Waals surface area contributed by atoms with Crippen LogP contribution in [0.4, 0.5) is 5.13 Å². The topological polar surface area (TPSA) is 42.2 Å². The summed E-state index contributed by atoms with van der Waals surface area (Å²) in [4.78, 5) is 7.77. The molecule has 0 aliphatic carbocycles. The molecule has 0 bridgehead atoms. The Labute approximate surface area is 89.9 Å². The summed E-state index contributed by atoms with van der Waals surface area (Å²) in [5, 5.41) is 1.08. The van der Waals surface area contributed by atoms with Crippen molar-refractivity contribution in [2.75, 3.05) is 11.9 Å². The number of hydrogen-bond donors (Lipinski definition) is 1. The van der Waals surface area contributed by atoms with E-state index in [0.717, 1.165) is 22.9 Å². The lowest BCUT2D eigenvalue weighted by Crippen LogP contribution is -2.30. The van der Waals surface area contributed by atoms with E-state index in [4.69, 9.17) is 5.73 Å². The van der Waals surface area contributed by atoms with Gasteiger partial charge in [0.25, 0.3) is 0 Å². The second kappa shape index (κ2) is 5.32. The maximum absolute atomic E-state index is 5.56. The van der Waals surface area contributed by atoms with E-state index in [1.165, 1.54) is 0 Å². The van der Waals surface area contributed by atoms with Crippen LogP contribution in [-0.4, -0.2) is 18.1 Å². The van der Waals surface area contributed by atoms with Gasteiger partial charge in [-0.1, -0.05) is 13.8 Å². The van der Waals surface area contributed by atoms with E-state index < -0.39 is 0 Å². The van der Waals surface area contributed by atoms with E-state index in [1.54, 1.807) is 11.3 Å². The second-order valence-electron chi connectivity index (χ2n) is 3.39. The minimum Gasteiger partial charge on any atom is -0.348 e. The van der Waals surface area contributed by atoms with Crippen molar-refractivity contribution < 1.29 is 0 Å². The van der Waals surface area contributed by atoms with E-state index >= 15 is 0 Å². The number of hydrogen-bond acceptors (Lipinski definition) is 4. The lowest BCUT2D eigenvalue weighted by molar-refractivity contribution is 0.590. The summed E-state index contributed by atoms with van der Waals surface area (Å²) >= 11 is 1.69. The van der Waals surface area contributed by atoms with Crippen molar-refractivity contribution in [2.45, 2.75) is 39.3 Å². The first-order chi connectivity index (χ1) is 6.72. The molecular weight excluding hydrogens is 194 g/mol. The molecule has 0 aromatic carbocycles. The molecule has 14 heavy (non-hydrogen) atoms. The normalized spacial score (nSPS) is 10.9. The lowest BCUT2D eigenvalue weighted by atomic mass is 10.1. The Morgan fingerprint density at radius 2 is 2.14 bits per heavy atom. The van der Waals surface area contributed by atoms with Gasteiger partial charge in [-0.15, -0.1) is 11.3 Å². The number of rotatable bonds is 5. The first-order valence-corrected chi connectivity index (χ1v) is 5.92. The van der Waals surface area contributed by atoms with E-state index in [2.05, 4.69) is 30.8 Å². The van der Waals surface area contributed by atoms with Crippen molar-refractivity contribution in [3.63, 3.8) is 0 Å². The zero-order valence-electron chi connectivity index (χ0n) is 9.16. The average Bonchev–Trinajstić information content (AvgIpc) is 2.67. The smallest absolute Gasteiger partial charge is 0.185 e. The van der Waals surface area contributed by atoms with Crippen LogP contribution in [-0.2, 0) is 6.54 Å². The Kier molecular flexibility index (Phi) is 4.35. The Balaban J connectivity index is 2.72. The summed E-state index contributed by atoms with van der Waals surface area (Å²) in [5.41, 5.74) is 5.56. The highest BCUT2D eigenvalue weighted by atomic mass is 32.1. The maximum Gasteiger partial charge on any atom is 0.185 e. The van der Waals surface area contributed by atoms with E-state index in [9.17, 15) is 0 Å². The van der Waals surface area contributed by atoms with Gasteiger partial charge in [-0.3, -0.25) is 0 Å². The fourth-order valence-electron chi connectivity index (χ4n) is 1.55. The number of aromatic nitrogens is 1. The summed E-state index contributed by atoms with van der Waals surface area (Å²) in [6.45, 7) is 5.01. The van der Waals surface area contributed by atoms with Crippen molar-refractivity contribution in [2.24, 2.45) is 5.73 Å². The molecule has 1 heterocycles. The molecule has 0 saturated heterocycles. The minimum atomic E-state index is 0.590. The number of nitrogens with two attached hydrogens (primary N) is 1. The highest BCUT2D eigenvalue weighted by molar-refractivity contribution is 7.15. The van der Waals surface area contributed by atoms with Gasteiger partial charge < -0.3 is 10.6 Å². The number of thiazole rings is 1. The van der Waals surface area contributed by atoms with Crippen LogP contribution < -0.4 is 10.6 Å². The van der Waals surface area contributed by atoms with Crippen molar-refractivity contribution in [1.29, 1.82) is 0 Å². The van der Waals surface area contributed by atoms with Gasteiger partial charge in [0.05, 0.1) is 0 Å². The van der Waals surface area contributed by atoms with E-state index in [-0.39, 0.29) is 0 Å². The van der Waals surface area contributed by atoms with Gasteiger partial charge >= 0.3 is 0 Å². The fraction of sp³-hybridized carbons (Fsp3) is 0.700. The average molecular weight is 213 g/mol. The van der Waals surface area contributed by atoms with Gasteiger partial charge in [0, 0.05) is 30.7 Å². The third kappa shape index (κ3) is 2.45. The molecule has 80 valence electrons. The van der Waals surface area contributed by atoms with Gasteiger partial charge in [0.15, 0.2) is 5.13 Å². The second-order valence-corrected chi connectivity index (χ2v) is 4.49. The summed E-state index contributed by atoms with van der Waals surface area (Å²) in [5.74, 6) is 0. The van der Waals surface area contributed by atoms with Crippen LogP contribution in [0.5, 0.6) is 0 Å². The highest BCUT2D eigenvalue weighted by Crippen LogP contribution is 2.24. The van der Waals surface area contributed by atoms with Crippen LogP contribution in [0, 0.1) is 0 Å². The number of nitrogens with zero attached hydrogens (tertiary/aromatic N) is 2. The Morgan fingerprint density at radius 3 is 2.57 bits per heavy atom. The zero-order chi connectivity index (χ0) is 10.6. The van der Waals surface area contributed by atoms with Crippen LogP contribution in [0.25, 0.3) is 0 Å². The summed E-state index contributed by atoms with van der Waals surface area (Å²) in [7, 11) is 2.11. The molecule has 0 atom stereocenters. The van der Waals surface area contributed by atoms with Crippen LogP contribution in [0.1, 0.15) is 31.6 Å². The maximum atomic E-state index is 5.56. The molecule has 1 rings (SSSR count). The SMILES string of the molecule is CCC(CC)N(C)c1ncc(CN)s1. The molecule has 0 saturated carbocycles. The van der Waals surface area contributed by atoms with Crippen molar-refractivity contribution >= 4 is 16.5 Å². The van der Waals surface area contributed by atoms with Gasteiger partial charge in [-0.2, -0.15) is 0 Å². The van der Waals surface area contributed by atoms with Crippen LogP contribution in [0.3, 0.4) is 0 Å². The highest BCUT2D eigenvalue weighted by Gasteiger charge is 2.13. The Morgan fingerprint density at radius 1 is 1.50 bits per heavy atom. The zero-order valence-corrected chi connectivity index (χ0v) is 9.97. The molecule has 1 aromatic rings. The molecular formula is C10H19N3S. The lowest BCUT2D eigenvalue weighted by Gasteiger charge is -2.25. The summed E-state index contributed by atoms with van der Waals surface area (Å²) in [6.07, 6.45) is 4.19. The molecule has 0 radical (unpaired) electrons. The first kappa shape index (κ1) is 11.5. The van der Waals surface area contributed by atoms with Crippen molar-refractivity contribution in [3.05, 3.63) is 11.1 Å². The van der Waals surface area contributed by atoms with Gasteiger partial charge in [-0.05, 0) is 12.8 Å². The monoisotopic (exact) mass is 213 g/mol. The molecule has 1 aromatic heterocycles. The standard InChI is InChI=1S/C10H19N3S/c1-4-8(5-2)13(3)10-12-7-9(6-11)14-10/h7-8H,4-6,11H2,1-3H3. The molecule has 0 spiro atoms. The van der Waals surface area contributed by atoms with E-state index in [1.807, 2.05) is 6.20 Å².